The van der Waals surface area contributed by atoms with E-state index in [0.29, 0.717) is 16.1 Å². The molecule has 1 aromatic carbocycles. The molecule has 0 aliphatic heterocycles. The minimum absolute atomic E-state index is 0.0104. The Bertz CT molecular complexity index is 413. The van der Waals surface area contributed by atoms with Crippen molar-refractivity contribution in [1.29, 1.82) is 0 Å². The van der Waals surface area contributed by atoms with Crippen molar-refractivity contribution in [3.63, 3.8) is 0 Å². The van der Waals surface area contributed by atoms with Gasteiger partial charge in [0.05, 0.1) is 10.9 Å². The van der Waals surface area contributed by atoms with E-state index in [1.807, 2.05) is 0 Å². The van der Waals surface area contributed by atoms with Gasteiger partial charge in [-0.05, 0) is 19.1 Å². The van der Waals surface area contributed by atoms with E-state index < -0.39 is 0 Å². The number of halogens is 2. The zero-order valence-corrected chi connectivity index (χ0v) is 9.12. The first-order valence-electron chi connectivity index (χ1n) is 4.00. The summed E-state index contributed by atoms with van der Waals surface area (Å²) in [4.78, 5) is 11.0. The highest BCUT2D eigenvalue weighted by Crippen LogP contribution is 2.17. The summed E-state index contributed by atoms with van der Waals surface area (Å²) in [6.45, 7) is 1.50. The van der Waals surface area contributed by atoms with Crippen LogP contribution in [0, 0.1) is 11.8 Å². The van der Waals surface area contributed by atoms with E-state index >= 15 is 0 Å². The standard InChI is InChI=1S/C11H8Cl2O/c1-8(14)10-5-4-9(3-2-6-12)11(13)7-10/h4-5,7H,6H2,1H3. The summed E-state index contributed by atoms with van der Waals surface area (Å²) >= 11 is 11.3. The normalized spacial score (nSPS) is 9.07. The topological polar surface area (TPSA) is 17.1 Å². The summed E-state index contributed by atoms with van der Waals surface area (Å²) in [6.07, 6.45) is 0. The molecule has 0 aliphatic rings. The fourth-order valence-corrected chi connectivity index (χ4v) is 1.26. The summed E-state index contributed by atoms with van der Waals surface area (Å²) in [7, 11) is 0. The Hall–Kier alpha value is -0.970. The lowest BCUT2D eigenvalue weighted by Gasteiger charge is -1.98. The maximum Gasteiger partial charge on any atom is 0.159 e. The average molecular weight is 227 g/mol. The number of ketones is 1. The molecular weight excluding hydrogens is 219 g/mol. The number of Topliss-reactive ketones (excluding diaryl/α,β-unsaturated/α-hetero) is 1. The number of hydrogen-bond donors (Lipinski definition) is 0. The zero-order chi connectivity index (χ0) is 10.6. The molecule has 0 radical (unpaired) electrons. The third kappa shape index (κ3) is 2.77. The zero-order valence-electron chi connectivity index (χ0n) is 7.60. The van der Waals surface area contributed by atoms with Gasteiger partial charge in [0, 0.05) is 11.1 Å². The van der Waals surface area contributed by atoms with E-state index in [1.54, 1.807) is 18.2 Å². The summed E-state index contributed by atoms with van der Waals surface area (Å²) in [5.74, 6) is 5.76. The maximum atomic E-state index is 11.0. The van der Waals surface area contributed by atoms with Crippen LogP contribution in [0.2, 0.25) is 5.02 Å². The summed E-state index contributed by atoms with van der Waals surface area (Å²) in [5.41, 5.74) is 1.28. The molecule has 0 atom stereocenters. The number of alkyl halides is 1. The van der Waals surface area contributed by atoms with Crippen LogP contribution in [0.4, 0.5) is 0 Å². The van der Waals surface area contributed by atoms with Crippen molar-refractivity contribution in [3.8, 4) is 11.8 Å². The molecule has 0 unspecified atom stereocenters. The van der Waals surface area contributed by atoms with Crippen LogP contribution < -0.4 is 0 Å². The van der Waals surface area contributed by atoms with Crippen LogP contribution >= 0.6 is 23.2 Å². The van der Waals surface area contributed by atoms with Crippen LogP contribution in [0.1, 0.15) is 22.8 Å². The van der Waals surface area contributed by atoms with Gasteiger partial charge in [-0.2, -0.15) is 0 Å². The van der Waals surface area contributed by atoms with Crippen LogP contribution in [0.15, 0.2) is 18.2 Å². The molecule has 0 bridgehead atoms. The molecule has 72 valence electrons. The predicted octanol–water partition coefficient (Wildman–Crippen LogP) is 3.13. The molecule has 0 amide bonds. The first-order valence-corrected chi connectivity index (χ1v) is 4.91. The van der Waals surface area contributed by atoms with Crippen LogP contribution in [0.3, 0.4) is 0 Å². The molecule has 0 spiro atoms. The van der Waals surface area contributed by atoms with E-state index in [-0.39, 0.29) is 11.7 Å². The maximum absolute atomic E-state index is 11.0. The van der Waals surface area contributed by atoms with Gasteiger partial charge in [-0.25, -0.2) is 0 Å². The van der Waals surface area contributed by atoms with Gasteiger partial charge >= 0.3 is 0 Å². The summed E-state index contributed by atoms with van der Waals surface area (Å²) < 4.78 is 0. The lowest BCUT2D eigenvalue weighted by Crippen LogP contribution is -1.92. The molecule has 0 aliphatic carbocycles. The van der Waals surface area contributed by atoms with Gasteiger partial charge in [0.2, 0.25) is 0 Å². The second-order valence-electron chi connectivity index (χ2n) is 2.69. The van der Waals surface area contributed by atoms with Crippen molar-refractivity contribution in [3.05, 3.63) is 34.3 Å². The first-order chi connectivity index (χ1) is 6.65. The molecule has 0 N–H and O–H groups in total. The van der Waals surface area contributed by atoms with Gasteiger partial charge in [0.15, 0.2) is 5.78 Å². The van der Waals surface area contributed by atoms with Crippen molar-refractivity contribution >= 4 is 29.0 Å². The van der Waals surface area contributed by atoms with E-state index in [0.717, 1.165) is 0 Å². The molecule has 1 nitrogen and oxygen atoms in total. The van der Waals surface area contributed by atoms with Gasteiger partial charge < -0.3 is 0 Å². The Morgan fingerprint density at radius 2 is 2.21 bits per heavy atom. The highest BCUT2D eigenvalue weighted by Gasteiger charge is 2.02. The Morgan fingerprint density at radius 3 is 2.71 bits per heavy atom. The van der Waals surface area contributed by atoms with Crippen molar-refractivity contribution in [1.82, 2.24) is 0 Å². The molecule has 0 saturated carbocycles. The summed E-state index contributed by atoms with van der Waals surface area (Å²) in [6, 6.07) is 5.03. The highest BCUT2D eigenvalue weighted by molar-refractivity contribution is 6.32. The third-order valence-electron chi connectivity index (χ3n) is 1.67. The van der Waals surface area contributed by atoms with Gasteiger partial charge in [0.1, 0.15) is 0 Å². The number of carbonyl (C=O) groups excluding carboxylic acids is 1. The molecule has 3 heteroatoms. The monoisotopic (exact) mass is 226 g/mol. The van der Waals surface area contributed by atoms with Crippen molar-refractivity contribution in [2.45, 2.75) is 6.92 Å². The fourth-order valence-electron chi connectivity index (χ4n) is 0.964. The van der Waals surface area contributed by atoms with Crippen molar-refractivity contribution in [2.24, 2.45) is 0 Å². The second kappa shape index (κ2) is 5.05. The van der Waals surface area contributed by atoms with E-state index in [1.165, 1.54) is 6.92 Å². The Balaban J connectivity index is 3.07. The average Bonchev–Trinajstić information content (AvgIpc) is 2.15. The van der Waals surface area contributed by atoms with Crippen molar-refractivity contribution < 1.29 is 4.79 Å². The quantitative estimate of drug-likeness (QED) is 0.409. The van der Waals surface area contributed by atoms with E-state index in [9.17, 15) is 4.79 Å². The van der Waals surface area contributed by atoms with Crippen LogP contribution in [0.5, 0.6) is 0 Å². The second-order valence-corrected chi connectivity index (χ2v) is 3.36. The predicted molar refractivity (Wildman–Crippen MR) is 59.1 cm³/mol. The Morgan fingerprint density at radius 1 is 1.50 bits per heavy atom. The minimum Gasteiger partial charge on any atom is -0.295 e. The van der Waals surface area contributed by atoms with Crippen molar-refractivity contribution in [2.75, 3.05) is 5.88 Å². The minimum atomic E-state index is -0.0104. The molecule has 0 heterocycles. The van der Waals surface area contributed by atoms with Gasteiger partial charge in [0.25, 0.3) is 0 Å². The largest absolute Gasteiger partial charge is 0.295 e. The third-order valence-corrected chi connectivity index (χ3v) is 2.11. The lowest BCUT2D eigenvalue weighted by molar-refractivity contribution is 0.101. The first kappa shape index (κ1) is 11.1. The lowest BCUT2D eigenvalue weighted by atomic mass is 10.1. The van der Waals surface area contributed by atoms with Crippen LogP contribution in [-0.2, 0) is 0 Å². The van der Waals surface area contributed by atoms with E-state index in [4.69, 9.17) is 23.2 Å². The molecule has 0 fully saturated rings. The van der Waals surface area contributed by atoms with Gasteiger partial charge in [-0.3, -0.25) is 4.79 Å². The SMILES string of the molecule is CC(=O)c1ccc(C#CCCl)c(Cl)c1. The Kier molecular flexibility index (Phi) is 4.00. The smallest absolute Gasteiger partial charge is 0.159 e. The number of hydrogen-bond acceptors (Lipinski definition) is 1. The van der Waals surface area contributed by atoms with Crippen LogP contribution in [-0.4, -0.2) is 11.7 Å². The molecule has 0 saturated heterocycles. The number of carbonyl (C=O) groups is 1. The molecule has 0 aromatic heterocycles. The molecule has 1 rings (SSSR count). The summed E-state index contributed by atoms with van der Waals surface area (Å²) in [5, 5.41) is 0.482. The molecular formula is C11H8Cl2O. The molecule has 14 heavy (non-hydrogen) atoms. The van der Waals surface area contributed by atoms with Crippen LogP contribution in [0.25, 0.3) is 0 Å². The van der Waals surface area contributed by atoms with Gasteiger partial charge in [-0.15, -0.1) is 11.6 Å². The highest BCUT2D eigenvalue weighted by atomic mass is 35.5. The number of rotatable bonds is 1. The van der Waals surface area contributed by atoms with E-state index in [2.05, 4.69) is 11.8 Å². The number of benzene rings is 1. The fraction of sp³-hybridized carbons (Fsp3) is 0.182. The molecule has 1 aromatic rings. The van der Waals surface area contributed by atoms with Gasteiger partial charge in [-0.1, -0.05) is 29.5 Å². The Labute approximate surface area is 93.0 Å².